The van der Waals surface area contributed by atoms with E-state index in [-0.39, 0.29) is 18.7 Å². The van der Waals surface area contributed by atoms with Crippen molar-refractivity contribution in [3.63, 3.8) is 0 Å². The molecule has 0 aromatic heterocycles. The Balaban J connectivity index is 2.52. The zero-order valence-electron chi connectivity index (χ0n) is 26.8. The number of esters is 1. The Bertz CT molecular complexity index is 1250. The van der Waals surface area contributed by atoms with E-state index in [1.165, 1.54) is 4.90 Å². The van der Waals surface area contributed by atoms with E-state index in [2.05, 4.69) is 23.3 Å². The first kappa shape index (κ1) is 35.7. The zero-order valence-corrected chi connectivity index (χ0v) is 27.7. The molecule has 2 N–H and O–H groups in total. The number of aryl methyl sites for hydroxylation is 2. The van der Waals surface area contributed by atoms with Crippen LogP contribution in [0.25, 0.3) is 0 Å². The van der Waals surface area contributed by atoms with Gasteiger partial charge in [0.15, 0.2) is 0 Å². The molecule has 0 bridgehead atoms. The minimum atomic E-state index is -1.11. The van der Waals surface area contributed by atoms with Crippen molar-refractivity contribution in [2.75, 3.05) is 12.3 Å². The minimum Gasteiger partial charge on any atom is -0.458 e. The van der Waals surface area contributed by atoms with Crippen LogP contribution in [0.5, 0.6) is 0 Å². The molecule has 10 heteroatoms. The van der Waals surface area contributed by atoms with Crippen LogP contribution < -0.4 is 10.6 Å². The van der Waals surface area contributed by atoms with Crippen LogP contribution in [0.2, 0.25) is 0 Å². The lowest BCUT2D eigenvalue weighted by atomic mass is 9.97. The first-order valence-electron chi connectivity index (χ1n) is 14.5. The fourth-order valence-corrected chi connectivity index (χ4v) is 4.86. The molecule has 2 rings (SSSR count). The van der Waals surface area contributed by atoms with Crippen molar-refractivity contribution in [3.8, 4) is 0 Å². The molecule has 0 aliphatic heterocycles. The van der Waals surface area contributed by atoms with Crippen molar-refractivity contribution < 1.29 is 28.7 Å². The average molecular weight is 614 g/mol. The standard InChI is InChI=1S/C33H47N3O6S/c1-10-36(29(38)26(20-43)35-31(40)42-33(7,8)9)27(24-17-21(2)16-22(3)18-24)28(37)34-25(30(39)41-32(4,5)6)19-23-14-12-11-13-15-23/h11-18,25-27,43H,10,19-20H2,1-9H3,(H,34,37)(H,35,40). The number of amides is 3. The van der Waals surface area contributed by atoms with Gasteiger partial charge < -0.3 is 25.0 Å². The number of nitrogens with zero attached hydrogens (tertiary/aromatic N) is 1. The Hall–Kier alpha value is -3.53. The Morgan fingerprint density at radius 3 is 1.88 bits per heavy atom. The van der Waals surface area contributed by atoms with Crippen LogP contribution in [-0.4, -0.2) is 64.4 Å². The molecule has 0 heterocycles. The van der Waals surface area contributed by atoms with Crippen molar-refractivity contribution in [3.05, 3.63) is 70.8 Å². The van der Waals surface area contributed by atoms with Gasteiger partial charge in [0.1, 0.15) is 29.3 Å². The van der Waals surface area contributed by atoms with Crippen molar-refractivity contribution in [2.45, 2.75) is 98.1 Å². The van der Waals surface area contributed by atoms with Crippen LogP contribution in [-0.2, 0) is 30.3 Å². The molecule has 0 radical (unpaired) electrons. The number of nitrogens with one attached hydrogen (secondary N) is 2. The van der Waals surface area contributed by atoms with E-state index in [0.717, 1.165) is 16.7 Å². The van der Waals surface area contributed by atoms with Gasteiger partial charge in [-0.3, -0.25) is 9.59 Å². The highest BCUT2D eigenvalue weighted by Gasteiger charge is 2.37. The SMILES string of the molecule is CCN(C(=O)C(CS)NC(=O)OC(C)(C)C)C(C(=O)NC(Cc1ccccc1)C(=O)OC(C)(C)C)c1cc(C)cc(C)c1. The van der Waals surface area contributed by atoms with Crippen LogP contribution in [0.4, 0.5) is 4.79 Å². The molecule has 0 saturated heterocycles. The number of carbonyl (C=O) groups is 4. The summed E-state index contributed by atoms with van der Waals surface area (Å²) in [6.45, 7) is 16.1. The first-order valence-corrected chi connectivity index (χ1v) is 15.1. The van der Waals surface area contributed by atoms with E-state index in [0.29, 0.717) is 5.56 Å². The smallest absolute Gasteiger partial charge is 0.408 e. The van der Waals surface area contributed by atoms with Gasteiger partial charge in [-0.1, -0.05) is 59.7 Å². The monoisotopic (exact) mass is 613 g/mol. The molecule has 2 aromatic carbocycles. The molecule has 0 fully saturated rings. The number of ether oxygens (including phenoxy) is 2. The molecule has 236 valence electrons. The molecule has 0 aliphatic rings. The third-order valence-electron chi connectivity index (χ3n) is 6.21. The summed E-state index contributed by atoms with van der Waals surface area (Å²) >= 11 is 4.31. The number of rotatable bonds is 11. The summed E-state index contributed by atoms with van der Waals surface area (Å²) in [7, 11) is 0. The van der Waals surface area contributed by atoms with E-state index in [1.54, 1.807) is 48.5 Å². The third-order valence-corrected chi connectivity index (χ3v) is 6.57. The van der Waals surface area contributed by atoms with E-state index >= 15 is 0 Å². The maximum absolute atomic E-state index is 14.2. The number of benzene rings is 2. The predicted octanol–water partition coefficient (Wildman–Crippen LogP) is 5.09. The van der Waals surface area contributed by atoms with E-state index in [1.807, 2.05) is 62.4 Å². The van der Waals surface area contributed by atoms with Crippen molar-refractivity contribution in [2.24, 2.45) is 0 Å². The van der Waals surface area contributed by atoms with Gasteiger partial charge in [-0.05, 0) is 73.4 Å². The molecule has 3 atom stereocenters. The van der Waals surface area contributed by atoms with Crippen molar-refractivity contribution in [1.82, 2.24) is 15.5 Å². The van der Waals surface area contributed by atoms with Crippen LogP contribution in [0.1, 0.15) is 76.8 Å². The molecule has 9 nitrogen and oxygen atoms in total. The molecular formula is C33H47N3O6S. The number of hydrogen-bond acceptors (Lipinski definition) is 7. The number of likely N-dealkylation sites (N-methyl/N-ethyl adjacent to an activating group) is 1. The van der Waals surface area contributed by atoms with Crippen LogP contribution >= 0.6 is 12.6 Å². The highest BCUT2D eigenvalue weighted by Crippen LogP contribution is 2.26. The minimum absolute atomic E-state index is 0.0235. The highest BCUT2D eigenvalue weighted by atomic mass is 32.1. The summed E-state index contributed by atoms with van der Waals surface area (Å²) in [6.07, 6.45) is -0.572. The lowest BCUT2D eigenvalue weighted by Gasteiger charge is -2.34. The van der Waals surface area contributed by atoms with Gasteiger partial charge in [-0.2, -0.15) is 12.6 Å². The lowest BCUT2D eigenvalue weighted by molar-refractivity contribution is -0.159. The van der Waals surface area contributed by atoms with Crippen molar-refractivity contribution in [1.29, 1.82) is 0 Å². The fraction of sp³-hybridized carbons (Fsp3) is 0.515. The van der Waals surface area contributed by atoms with Gasteiger partial charge >= 0.3 is 12.1 Å². The molecule has 3 unspecified atom stereocenters. The normalized spacial score (nSPS) is 13.7. The molecule has 0 saturated carbocycles. The maximum atomic E-state index is 14.2. The zero-order chi connectivity index (χ0) is 32.5. The number of thiol groups is 1. The van der Waals surface area contributed by atoms with Crippen LogP contribution in [0, 0.1) is 13.8 Å². The second kappa shape index (κ2) is 15.3. The third kappa shape index (κ3) is 11.6. The van der Waals surface area contributed by atoms with Gasteiger partial charge in [-0.15, -0.1) is 0 Å². The second-order valence-corrected chi connectivity index (χ2v) is 13.0. The van der Waals surface area contributed by atoms with Gasteiger partial charge in [0.05, 0.1) is 0 Å². The van der Waals surface area contributed by atoms with Gasteiger partial charge in [-0.25, -0.2) is 9.59 Å². The molecule has 43 heavy (non-hydrogen) atoms. The quantitative estimate of drug-likeness (QED) is 0.241. The average Bonchev–Trinajstić information content (AvgIpc) is 2.87. The fourth-order valence-electron chi connectivity index (χ4n) is 4.61. The largest absolute Gasteiger partial charge is 0.458 e. The van der Waals surface area contributed by atoms with E-state index < -0.39 is 53.2 Å². The number of hydrogen-bond donors (Lipinski definition) is 3. The Kier molecular flexibility index (Phi) is 12.7. The molecule has 0 aliphatic carbocycles. The van der Waals surface area contributed by atoms with Gasteiger partial charge in [0.2, 0.25) is 11.8 Å². The molecule has 2 aromatic rings. The van der Waals surface area contributed by atoms with Gasteiger partial charge in [0.25, 0.3) is 0 Å². The predicted molar refractivity (Wildman–Crippen MR) is 171 cm³/mol. The highest BCUT2D eigenvalue weighted by molar-refractivity contribution is 7.80. The second-order valence-electron chi connectivity index (χ2n) is 12.6. The molecular weight excluding hydrogens is 566 g/mol. The summed E-state index contributed by atoms with van der Waals surface area (Å²) in [4.78, 5) is 55.4. The topological polar surface area (TPSA) is 114 Å². The maximum Gasteiger partial charge on any atom is 0.408 e. The van der Waals surface area contributed by atoms with Crippen molar-refractivity contribution >= 4 is 36.5 Å². The summed E-state index contributed by atoms with van der Waals surface area (Å²) in [6, 6.07) is 11.8. The Labute approximate surface area is 261 Å². The number of carbonyl (C=O) groups excluding carboxylic acids is 4. The molecule has 0 spiro atoms. The summed E-state index contributed by atoms with van der Waals surface area (Å²) < 4.78 is 11.0. The van der Waals surface area contributed by atoms with Crippen LogP contribution in [0.15, 0.2) is 48.5 Å². The van der Waals surface area contributed by atoms with E-state index in [4.69, 9.17) is 9.47 Å². The lowest BCUT2D eigenvalue weighted by Crippen LogP contribution is -2.55. The molecule has 3 amide bonds. The summed E-state index contributed by atoms with van der Waals surface area (Å²) in [5, 5.41) is 5.47. The summed E-state index contributed by atoms with van der Waals surface area (Å²) in [5.74, 6) is -1.68. The van der Waals surface area contributed by atoms with Crippen LogP contribution in [0.3, 0.4) is 0 Å². The Morgan fingerprint density at radius 1 is 0.837 bits per heavy atom. The van der Waals surface area contributed by atoms with Gasteiger partial charge in [0, 0.05) is 18.7 Å². The number of alkyl carbamates (subject to hydrolysis) is 1. The Morgan fingerprint density at radius 2 is 1.40 bits per heavy atom. The first-order chi connectivity index (χ1) is 19.9. The van der Waals surface area contributed by atoms with E-state index in [9.17, 15) is 19.2 Å². The summed E-state index contributed by atoms with van der Waals surface area (Å²) in [5.41, 5.74) is 1.67.